The van der Waals surface area contributed by atoms with E-state index in [1.165, 1.54) is 0 Å². The second-order valence-corrected chi connectivity index (χ2v) is 3.64. The Morgan fingerprint density at radius 1 is 1.50 bits per heavy atom. The standard InChI is InChI=1S/C12H12FN/c1-2-10-4-3-5-11(6-10)7-14-8-12(13)9-14/h1,3-6,12H,7-9H2. The van der Waals surface area contributed by atoms with Crippen molar-refractivity contribution >= 4 is 0 Å². The van der Waals surface area contributed by atoms with Crippen LogP contribution in [-0.4, -0.2) is 24.2 Å². The molecule has 0 amide bonds. The minimum Gasteiger partial charge on any atom is -0.293 e. The first-order valence-electron chi connectivity index (χ1n) is 4.70. The van der Waals surface area contributed by atoms with Crippen molar-refractivity contribution in [2.24, 2.45) is 0 Å². The lowest BCUT2D eigenvalue weighted by molar-refractivity contribution is 0.0591. The van der Waals surface area contributed by atoms with Gasteiger partial charge < -0.3 is 0 Å². The van der Waals surface area contributed by atoms with E-state index >= 15 is 0 Å². The van der Waals surface area contributed by atoms with E-state index in [-0.39, 0.29) is 0 Å². The Bertz CT molecular complexity index is 361. The zero-order valence-corrected chi connectivity index (χ0v) is 7.91. The minimum atomic E-state index is -0.634. The highest BCUT2D eigenvalue weighted by atomic mass is 19.1. The summed E-state index contributed by atoms with van der Waals surface area (Å²) in [6, 6.07) is 7.84. The van der Waals surface area contributed by atoms with Gasteiger partial charge in [-0.2, -0.15) is 0 Å². The molecule has 0 bridgehead atoms. The molecule has 14 heavy (non-hydrogen) atoms. The number of hydrogen-bond donors (Lipinski definition) is 0. The SMILES string of the molecule is C#Cc1cccc(CN2CC(F)C2)c1. The van der Waals surface area contributed by atoms with E-state index in [0.717, 1.165) is 17.7 Å². The van der Waals surface area contributed by atoms with Gasteiger partial charge in [0.1, 0.15) is 6.17 Å². The molecule has 0 aliphatic carbocycles. The molecule has 0 unspecified atom stereocenters. The van der Waals surface area contributed by atoms with Gasteiger partial charge in [0, 0.05) is 25.2 Å². The maximum Gasteiger partial charge on any atom is 0.125 e. The minimum absolute atomic E-state index is 0.556. The molecule has 2 heteroatoms. The topological polar surface area (TPSA) is 3.24 Å². The van der Waals surface area contributed by atoms with Crippen LogP contribution in [0.1, 0.15) is 11.1 Å². The third-order valence-electron chi connectivity index (χ3n) is 2.41. The number of halogens is 1. The van der Waals surface area contributed by atoms with Crippen LogP contribution in [0.25, 0.3) is 0 Å². The smallest absolute Gasteiger partial charge is 0.125 e. The number of terminal acetylenes is 1. The summed E-state index contributed by atoms with van der Waals surface area (Å²) in [4.78, 5) is 2.07. The van der Waals surface area contributed by atoms with E-state index in [9.17, 15) is 4.39 Å². The molecule has 1 nitrogen and oxygen atoms in total. The Labute approximate surface area is 83.5 Å². The fraction of sp³-hybridized carbons (Fsp3) is 0.333. The van der Waals surface area contributed by atoms with Crippen LogP contribution in [0.5, 0.6) is 0 Å². The van der Waals surface area contributed by atoms with Gasteiger partial charge >= 0.3 is 0 Å². The Morgan fingerprint density at radius 3 is 2.93 bits per heavy atom. The Hall–Kier alpha value is -1.33. The first-order valence-corrected chi connectivity index (χ1v) is 4.70. The van der Waals surface area contributed by atoms with Crippen LogP contribution in [0.3, 0.4) is 0 Å². The van der Waals surface area contributed by atoms with E-state index in [2.05, 4.69) is 10.8 Å². The largest absolute Gasteiger partial charge is 0.293 e. The molecule has 1 aromatic rings. The van der Waals surface area contributed by atoms with Crippen molar-refractivity contribution in [3.8, 4) is 12.3 Å². The van der Waals surface area contributed by atoms with Crippen molar-refractivity contribution in [3.05, 3.63) is 35.4 Å². The highest BCUT2D eigenvalue weighted by Crippen LogP contribution is 2.15. The molecule has 2 rings (SSSR count). The van der Waals surface area contributed by atoms with Crippen molar-refractivity contribution in [2.75, 3.05) is 13.1 Å². The number of alkyl halides is 1. The molecule has 1 aliphatic rings. The van der Waals surface area contributed by atoms with Gasteiger partial charge in [-0.3, -0.25) is 4.90 Å². The monoisotopic (exact) mass is 189 g/mol. The molecule has 1 aromatic carbocycles. The average molecular weight is 189 g/mol. The molecular formula is C12H12FN. The van der Waals surface area contributed by atoms with Crippen molar-refractivity contribution in [3.63, 3.8) is 0 Å². The molecule has 0 radical (unpaired) electrons. The highest BCUT2D eigenvalue weighted by Gasteiger charge is 2.25. The number of likely N-dealkylation sites (tertiary alicyclic amines) is 1. The third-order valence-corrected chi connectivity index (χ3v) is 2.41. The fourth-order valence-corrected chi connectivity index (χ4v) is 1.65. The van der Waals surface area contributed by atoms with E-state index in [1.807, 2.05) is 24.3 Å². The van der Waals surface area contributed by atoms with E-state index < -0.39 is 6.17 Å². The first kappa shape index (κ1) is 9.23. The lowest BCUT2D eigenvalue weighted by Gasteiger charge is -2.34. The molecule has 1 heterocycles. The maximum absolute atomic E-state index is 12.5. The van der Waals surface area contributed by atoms with Gasteiger partial charge in [-0.05, 0) is 17.7 Å². The van der Waals surface area contributed by atoms with Gasteiger partial charge in [0.15, 0.2) is 0 Å². The Morgan fingerprint density at radius 2 is 2.29 bits per heavy atom. The summed E-state index contributed by atoms with van der Waals surface area (Å²) in [6.45, 7) is 1.91. The van der Waals surface area contributed by atoms with Crippen molar-refractivity contribution < 1.29 is 4.39 Å². The van der Waals surface area contributed by atoms with Crippen LogP contribution in [0.2, 0.25) is 0 Å². The highest BCUT2D eigenvalue weighted by molar-refractivity contribution is 5.35. The fourth-order valence-electron chi connectivity index (χ4n) is 1.65. The molecule has 1 aliphatic heterocycles. The lowest BCUT2D eigenvalue weighted by Crippen LogP contribution is -2.47. The first-order chi connectivity index (χ1) is 6.78. The molecule has 72 valence electrons. The summed E-state index contributed by atoms with van der Waals surface area (Å²) < 4.78 is 12.5. The zero-order chi connectivity index (χ0) is 9.97. The van der Waals surface area contributed by atoms with E-state index in [0.29, 0.717) is 13.1 Å². The van der Waals surface area contributed by atoms with Crippen LogP contribution >= 0.6 is 0 Å². The normalized spacial score (nSPS) is 17.4. The predicted molar refractivity (Wildman–Crippen MR) is 54.6 cm³/mol. The quantitative estimate of drug-likeness (QED) is 0.641. The molecule has 0 atom stereocenters. The number of rotatable bonds is 2. The van der Waals surface area contributed by atoms with Crippen molar-refractivity contribution in [1.82, 2.24) is 4.90 Å². The van der Waals surface area contributed by atoms with Crippen LogP contribution in [0.15, 0.2) is 24.3 Å². The summed E-state index contributed by atoms with van der Waals surface area (Å²) in [5, 5.41) is 0. The summed E-state index contributed by atoms with van der Waals surface area (Å²) in [7, 11) is 0. The van der Waals surface area contributed by atoms with Crippen LogP contribution < -0.4 is 0 Å². The second-order valence-electron chi connectivity index (χ2n) is 3.64. The molecule has 1 saturated heterocycles. The molecule has 0 aromatic heterocycles. The molecule has 0 spiro atoms. The van der Waals surface area contributed by atoms with Crippen molar-refractivity contribution in [1.29, 1.82) is 0 Å². The van der Waals surface area contributed by atoms with Crippen molar-refractivity contribution in [2.45, 2.75) is 12.7 Å². The lowest BCUT2D eigenvalue weighted by atomic mass is 10.1. The third kappa shape index (κ3) is 1.94. The Balaban J connectivity index is 2.00. The van der Waals surface area contributed by atoms with Gasteiger partial charge in [-0.1, -0.05) is 18.1 Å². The summed E-state index contributed by atoms with van der Waals surface area (Å²) in [5.41, 5.74) is 2.05. The zero-order valence-electron chi connectivity index (χ0n) is 7.91. The summed E-state index contributed by atoms with van der Waals surface area (Å²) in [6.07, 6.45) is 4.66. The predicted octanol–water partition coefficient (Wildman–Crippen LogP) is 1.82. The summed E-state index contributed by atoms with van der Waals surface area (Å²) >= 11 is 0. The number of hydrogen-bond acceptors (Lipinski definition) is 1. The van der Waals surface area contributed by atoms with Crippen LogP contribution in [0, 0.1) is 12.3 Å². The van der Waals surface area contributed by atoms with Gasteiger partial charge in [0.2, 0.25) is 0 Å². The second kappa shape index (κ2) is 3.81. The van der Waals surface area contributed by atoms with Gasteiger partial charge in [-0.25, -0.2) is 4.39 Å². The number of nitrogens with zero attached hydrogens (tertiary/aromatic N) is 1. The molecule has 0 N–H and O–H groups in total. The van der Waals surface area contributed by atoms with Gasteiger partial charge in [0.25, 0.3) is 0 Å². The molecule has 1 fully saturated rings. The summed E-state index contributed by atoms with van der Waals surface area (Å²) in [5.74, 6) is 2.59. The maximum atomic E-state index is 12.5. The van der Waals surface area contributed by atoms with Gasteiger partial charge in [-0.15, -0.1) is 6.42 Å². The molecule has 0 saturated carbocycles. The Kier molecular flexibility index (Phi) is 2.51. The number of benzene rings is 1. The van der Waals surface area contributed by atoms with Gasteiger partial charge in [0.05, 0.1) is 0 Å². The van der Waals surface area contributed by atoms with Crippen LogP contribution in [0.4, 0.5) is 4.39 Å². The average Bonchev–Trinajstić information content (AvgIpc) is 2.16. The van der Waals surface area contributed by atoms with E-state index in [1.54, 1.807) is 0 Å². The van der Waals surface area contributed by atoms with E-state index in [4.69, 9.17) is 6.42 Å². The van der Waals surface area contributed by atoms with Crippen LogP contribution in [-0.2, 0) is 6.54 Å². The molecular weight excluding hydrogens is 177 g/mol.